The number of anilines is 1. The van der Waals surface area contributed by atoms with Gasteiger partial charge in [-0.2, -0.15) is 0 Å². The molecule has 1 unspecified atom stereocenters. The Balaban J connectivity index is 2.02. The van der Waals surface area contributed by atoms with E-state index in [4.69, 9.17) is 0 Å². The van der Waals surface area contributed by atoms with Crippen LogP contribution in [0.15, 0.2) is 42.5 Å². The van der Waals surface area contributed by atoms with Crippen LogP contribution in [-0.4, -0.2) is 0 Å². The molecule has 1 atom stereocenters. The third-order valence-corrected chi connectivity index (χ3v) is 3.78. The van der Waals surface area contributed by atoms with Gasteiger partial charge in [0, 0.05) is 17.8 Å². The summed E-state index contributed by atoms with van der Waals surface area (Å²) in [6.45, 7) is 6.90. The Morgan fingerprint density at radius 1 is 1.10 bits per heavy atom. The highest BCUT2D eigenvalue weighted by Gasteiger charge is 2.04. The maximum Gasteiger partial charge on any atom is 0.128 e. The minimum Gasteiger partial charge on any atom is -0.381 e. The van der Waals surface area contributed by atoms with Crippen LogP contribution >= 0.6 is 0 Å². The summed E-state index contributed by atoms with van der Waals surface area (Å²) >= 11 is 0. The van der Waals surface area contributed by atoms with E-state index >= 15 is 0 Å². The molecular weight excluding hydrogens is 249 g/mol. The number of rotatable bonds is 5. The number of benzene rings is 2. The van der Waals surface area contributed by atoms with Crippen molar-refractivity contribution in [3.63, 3.8) is 0 Å². The predicted octanol–water partition coefficient (Wildman–Crippen LogP) is 5.26. The quantitative estimate of drug-likeness (QED) is 0.782. The van der Waals surface area contributed by atoms with Crippen LogP contribution in [0, 0.1) is 12.7 Å². The van der Waals surface area contributed by atoms with E-state index in [-0.39, 0.29) is 5.82 Å². The van der Waals surface area contributed by atoms with Crippen molar-refractivity contribution in [1.82, 2.24) is 0 Å². The summed E-state index contributed by atoms with van der Waals surface area (Å²) in [6, 6.07) is 13.6. The summed E-state index contributed by atoms with van der Waals surface area (Å²) in [5, 5.41) is 3.27. The van der Waals surface area contributed by atoms with Crippen molar-refractivity contribution in [2.24, 2.45) is 0 Å². The normalized spacial score (nSPS) is 12.2. The first-order valence-corrected chi connectivity index (χ1v) is 7.19. The Hall–Kier alpha value is -1.83. The zero-order valence-electron chi connectivity index (χ0n) is 12.4. The summed E-state index contributed by atoms with van der Waals surface area (Å²) in [5.41, 5.74) is 4.16. The van der Waals surface area contributed by atoms with Crippen molar-refractivity contribution < 1.29 is 4.39 Å². The van der Waals surface area contributed by atoms with Gasteiger partial charge in [-0.25, -0.2) is 4.39 Å². The molecule has 20 heavy (non-hydrogen) atoms. The average molecular weight is 271 g/mol. The molecule has 0 saturated carbocycles. The molecule has 0 radical (unpaired) electrons. The van der Waals surface area contributed by atoms with Gasteiger partial charge in [0.25, 0.3) is 0 Å². The molecule has 0 aliphatic carbocycles. The lowest BCUT2D eigenvalue weighted by atomic mass is 9.98. The van der Waals surface area contributed by atoms with E-state index in [0.717, 1.165) is 17.7 Å². The van der Waals surface area contributed by atoms with Gasteiger partial charge in [0.1, 0.15) is 5.82 Å². The summed E-state index contributed by atoms with van der Waals surface area (Å²) < 4.78 is 13.6. The maximum absolute atomic E-state index is 13.6. The third-order valence-electron chi connectivity index (χ3n) is 3.78. The molecule has 106 valence electrons. The highest BCUT2D eigenvalue weighted by molar-refractivity contribution is 5.46. The summed E-state index contributed by atoms with van der Waals surface area (Å²) in [6.07, 6.45) is 1.14. The van der Waals surface area contributed by atoms with Crippen molar-refractivity contribution in [3.05, 3.63) is 65.0 Å². The third kappa shape index (κ3) is 3.60. The highest BCUT2D eigenvalue weighted by Crippen LogP contribution is 2.21. The number of hydrogen-bond donors (Lipinski definition) is 1. The highest BCUT2D eigenvalue weighted by atomic mass is 19.1. The second kappa shape index (κ2) is 6.56. The van der Waals surface area contributed by atoms with Gasteiger partial charge in [-0.05, 0) is 43.0 Å². The Labute approximate surface area is 120 Å². The molecule has 0 bridgehead atoms. The van der Waals surface area contributed by atoms with Crippen LogP contribution in [0.3, 0.4) is 0 Å². The van der Waals surface area contributed by atoms with Crippen LogP contribution in [-0.2, 0) is 6.54 Å². The van der Waals surface area contributed by atoms with Gasteiger partial charge >= 0.3 is 0 Å². The van der Waals surface area contributed by atoms with Crippen LogP contribution in [0.1, 0.15) is 42.9 Å². The van der Waals surface area contributed by atoms with Crippen LogP contribution in [0.4, 0.5) is 10.1 Å². The van der Waals surface area contributed by atoms with Crippen LogP contribution < -0.4 is 5.32 Å². The van der Waals surface area contributed by atoms with Gasteiger partial charge in [0.05, 0.1) is 0 Å². The zero-order valence-corrected chi connectivity index (χ0v) is 12.4. The van der Waals surface area contributed by atoms with E-state index in [1.807, 2.05) is 13.0 Å². The van der Waals surface area contributed by atoms with Crippen molar-refractivity contribution in [2.75, 3.05) is 5.32 Å². The maximum atomic E-state index is 13.6. The first kappa shape index (κ1) is 14.6. The smallest absolute Gasteiger partial charge is 0.128 e. The number of nitrogens with one attached hydrogen (secondary N) is 1. The zero-order chi connectivity index (χ0) is 14.5. The van der Waals surface area contributed by atoms with E-state index < -0.39 is 0 Å². The predicted molar refractivity (Wildman–Crippen MR) is 83.6 cm³/mol. The van der Waals surface area contributed by atoms with Crippen LogP contribution in [0.25, 0.3) is 0 Å². The average Bonchev–Trinajstić information content (AvgIpc) is 2.48. The summed E-state index contributed by atoms with van der Waals surface area (Å²) in [5.74, 6) is 0.428. The number of aryl methyl sites for hydroxylation is 1. The lowest BCUT2D eigenvalue weighted by Crippen LogP contribution is -2.02. The second-order valence-corrected chi connectivity index (χ2v) is 5.38. The van der Waals surface area contributed by atoms with Gasteiger partial charge in [-0.15, -0.1) is 0 Å². The van der Waals surface area contributed by atoms with Crippen LogP contribution in [0.5, 0.6) is 0 Å². The summed E-state index contributed by atoms with van der Waals surface area (Å²) in [7, 11) is 0. The molecule has 0 aromatic heterocycles. The van der Waals surface area contributed by atoms with Gasteiger partial charge in [-0.1, -0.05) is 43.7 Å². The molecule has 0 spiro atoms. The standard InChI is InChI=1S/C18H22FN/c1-4-14(3)15-6-8-17(9-7-15)20-12-16-11-13(2)5-10-18(16)19/h5-11,14,20H,4,12H2,1-3H3. The monoisotopic (exact) mass is 271 g/mol. The van der Waals surface area contributed by atoms with Gasteiger partial charge in [0.2, 0.25) is 0 Å². The summed E-state index contributed by atoms with van der Waals surface area (Å²) in [4.78, 5) is 0. The van der Waals surface area contributed by atoms with E-state index in [2.05, 4.69) is 43.4 Å². The molecule has 0 fully saturated rings. The first-order valence-electron chi connectivity index (χ1n) is 7.19. The molecule has 0 saturated heterocycles. The molecule has 2 aromatic carbocycles. The van der Waals surface area contributed by atoms with Crippen molar-refractivity contribution in [2.45, 2.75) is 39.7 Å². The molecule has 2 rings (SSSR count). The van der Waals surface area contributed by atoms with Gasteiger partial charge in [0.15, 0.2) is 0 Å². The lowest BCUT2D eigenvalue weighted by Gasteiger charge is -2.11. The molecule has 0 aliphatic rings. The number of hydrogen-bond acceptors (Lipinski definition) is 1. The molecule has 0 heterocycles. The SMILES string of the molecule is CCC(C)c1ccc(NCc2cc(C)ccc2F)cc1. The van der Waals surface area contributed by atoms with Crippen LogP contribution in [0.2, 0.25) is 0 Å². The largest absolute Gasteiger partial charge is 0.381 e. The van der Waals surface area contributed by atoms with Crippen molar-refractivity contribution in [3.8, 4) is 0 Å². The first-order chi connectivity index (χ1) is 9.60. The second-order valence-electron chi connectivity index (χ2n) is 5.38. The van der Waals surface area contributed by atoms with E-state index in [1.165, 1.54) is 11.6 Å². The Kier molecular flexibility index (Phi) is 4.78. The molecule has 1 N–H and O–H groups in total. The Morgan fingerprint density at radius 2 is 1.80 bits per heavy atom. The molecule has 0 aliphatic heterocycles. The minimum absolute atomic E-state index is 0.153. The molecule has 0 amide bonds. The topological polar surface area (TPSA) is 12.0 Å². The van der Waals surface area contributed by atoms with E-state index in [0.29, 0.717) is 18.0 Å². The fourth-order valence-corrected chi connectivity index (χ4v) is 2.20. The van der Waals surface area contributed by atoms with Gasteiger partial charge < -0.3 is 5.32 Å². The van der Waals surface area contributed by atoms with Crippen molar-refractivity contribution in [1.29, 1.82) is 0 Å². The fourth-order valence-electron chi connectivity index (χ4n) is 2.20. The molecule has 2 aromatic rings. The minimum atomic E-state index is -0.153. The lowest BCUT2D eigenvalue weighted by molar-refractivity contribution is 0.612. The van der Waals surface area contributed by atoms with E-state index in [9.17, 15) is 4.39 Å². The Bertz CT molecular complexity index is 560. The van der Waals surface area contributed by atoms with Crippen molar-refractivity contribution >= 4 is 5.69 Å². The molecular formula is C18H22FN. The molecule has 1 nitrogen and oxygen atoms in total. The Morgan fingerprint density at radius 3 is 2.45 bits per heavy atom. The fraction of sp³-hybridized carbons (Fsp3) is 0.333. The van der Waals surface area contributed by atoms with E-state index in [1.54, 1.807) is 6.07 Å². The molecule has 2 heteroatoms. The van der Waals surface area contributed by atoms with Gasteiger partial charge in [-0.3, -0.25) is 0 Å². The number of halogens is 1.